The molecule has 0 aliphatic heterocycles. The van der Waals surface area contributed by atoms with Gasteiger partial charge in [0, 0.05) is 0 Å². The second kappa shape index (κ2) is 16.8. The summed E-state index contributed by atoms with van der Waals surface area (Å²) in [6.45, 7) is 9.68. The van der Waals surface area contributed by atoms with Crippen LogP contribution < -0.4 is 0 Å². The standard InChI is InChI=1S/2C31H23.C2H7Si.2ClH.Zr/c2*1-2-21-19-30-28(26-15-7-11-22-9-3-5-13-24(22)26)17-18-29(31(30)20-21)27-16-8-12-23-10-4-6-14-25(23)27;1-3-2;;;/h2*3-20H,2H2,1H3;3H,1-2H3;2*1H;/q;;;;;+2/p-2. The number of allylic oxidation sites excluding steroid dienone is 2. The fourth-order valence-corrected chi connectivity index (χ4v) is 44.1. The Labute approximate surface area is 409 Å². The van der Waals surface area contributed by atoms with E-state index in [-0.39, 0.29) is 7.25 Å². The Morgan fingerprint density at radius 1 is 0.353 bits per heavy atom. The van der Waals surface area contributed by atoms with Crippen molar-refractivity contribution in [2.45, 2.75) is 47.0 Å². The predicted octanol–water partition coefficient (Wildman–Crippen LogP) is 19.3. The van der Waals surface area contributed by atoms with Crippen LogP contribution in [0.25, 0.3) is 99.7 Å². The van der Waals surface area contributed by atoms with Crippen LogP contribution in [0.3, 0.4) is 0 Å². The molecule has 0 N–H and O–H groups in total. The van der Waals surface area contributed by atoms with Gasteiger partial charge in [-0.25, -0.2) is 0 Å². The zero-order chi connectivity index (χ0) is 46.3. The third kappa shape index (κ3) is 6.55. The molecule has 0 radical (unpaired) electrons. The summed E-state index contributed by atoms with van der Waals surface area (Å²) in [5.41, 5.74) is 18.0. The Kier molecular flexibility index (Phi) is 10.8. The van der Waals surface area contributed by atoms with Crippen molar-refractivity contribution in [1.29, 1.82) is 0 Å². The van der Waals surface area contributed by atoms with Gasteiger partial charge in [0.15, 0.2) is 0 Å². The first-order chi connectivity index (χ1) is 33.2. The average molecular weight is 1010 g/mol. The maximum absolute atomic E-state index is 9.44. The van der Waals surface area contributed by atoms with E-state index < -0.39 is 21.5 Å². The summed E-state index contributed by atoms with van der Waals surface area (Å²) in [7, 11) is 18.9. The Balaban J connectivity index is 1.20. The van der Waals surface area contributed by atoms with Gasteiger partial charge in [0.05, 0.1) is 0 Å². The zero-order valence-corrected chi connectivity index (χ0v) is 44.2. The Hall–Kier alpha value is -5.60. The molecule has 0 saturated heterocycles. The molecule has 331 valence electrons. The predicted molar refractivity (Wildman–Crippen MR) is 297 cm³/mol. The molecular weight excluding hydrogens is 959 g/mol. The van der Waals surface area contributed by atoms with E-state index in [9.17, 15) is 17.0 Å². The summed E-state index contributed by atoms with van der Waals surface area (Å²) in [6, 6.07) is 72.0. The van der Waals surface area contributed by atoms with E-state index >= 15 is 0 Å². The van der Waals surface area contributed by atoms with Gasteiger partial charge < -0.3 is 0 Å². The van der Waals surface area contributed by atoms with Crippen molar-refractivity contribution in [2.75, 3.05) is 0 Å². The summed E-state index contributed by atoms with van der Waals surface area (Å²) in [4.78, 5) is 0. The second-order valence-electron chi connectivity index (χ2n) is 19.5. The van der Waals surface area contributed by atoms with E-state index in [0.29, 0.717) is 0 Å². The van der Waals surface area contributed by atoms with E-state index in [1.54, 1.807) is 0 Å². The minimum absolute atomic E-state index is 0.109. The molecule has 0 spiro atoms. The molecular formula is C64H53Cl2SiZr. The van der Waals surface area contributed by atoms with E-state index in [0.717, 1.165) is 12.8 Å². The maximum atomic E-state index is 9.44. The van der Waals surface area contributed by atoms with Crippen molar-refractivity contribution < 1.29 is 15.6 Å². The number of halogens is 2. The van der Waals surface area contributed by atoms with Gasteiger partial charge in [0.1, 0.15) is 0 Å². The molecule has 12 rings (SSSR count). The van der Waals surface area contributed by atoms with Gasteiger partial charge in [-0.05, 0) is 0 Å². The molecule has 2 unspecified atom stereocenters. The molecule has 4 heteroatoms. The first kappa shape index (κ1) is 43.7. The van der Waals surface area contributed by atoms with Gasteiger partial charge in [-0.15, -0.1) is 0 Å². The number of fused-ring (bicyclic) bond motifs is 6. The van der Waals surface area contributed by atoms with Gasteiger partial charge in [0.25, 0.3) is 0 Å². The monoisotopic (exact) mass is 1010 g/mol. The third-order valence-electron chi connectivity index (χ3n) is 15.9. The van der Waals surface area contributed by atoms with E-state index in [2.05, 4.69) is 233 Å². The third-order valence-corrected chi connectivity index (χ3v) is 67.6. The SMILES string of the molecule is CCC1=Cc2c(-c3cccc4ccccc34)ccc(-c3cccc4ccccc34)c2[CH]1[Zr]([Cl])([Cl])([CH]1C(CC)=Cc2c(-c3cccc4ccccc34)ccc(-c3cccc4ccccc34)c21)[SiH](C)C. The normalized spacial score (nSPS) is 16.2. The molecule has 0 amide bonds. The molecule has 0 aromatic heterocycles. The molecule has 68 heavy (non-hydrogen) atoms. The van der Waals surface area contributed by atoms with Crippen molar-refractivity contribution in [3.63, 3.8) is 0 Å². The fourth-order valence-electron chi connectivity index (χ4n) is 12.6. The summed E-state index contributed by atoms with van der Waals surface area (Å²) in [6.07, 6.45) is 6.82. The molecule has 0 bridgehead atoms. The van der Waals surface area contributed by atoms with E-state index in [4.69, 9.17) is 0 Å². The molecule has 2 aliphatic carbocycles. The molecule has 10 aromatic rings. The Bertz CT molecular complexity index is 3500. The van der Waals surface area contributed by atoms with Crippen LogP contribution in [0, 0.1) is 0 Å². The van der Waals surface area contributed by atoms with Crippen molar-refractivity contribution in [1.82, 2.24) is 0 Å². The van der Waals surface area contributed by atoms with Crippen LogP contribution >= 0.6 is 17.0 Å². The van der Waals surface area contributed by atoms with E-state index in [1.807, 2.05) is 0 Å². The first-order valence-corrected chi connectivity index (χ1v) is 40.7. The van der Waals surface area contributed by atoms with Crippen LogP contribution in [0.15, 0.2) is 205 Å². The summed E-state index contributed by atoms with van der Waals surface area (Å²) in [5.74, 6) is -1.97. The molecule has 2 aliphatic rings. The van der Waals surface area contributed by atoms with Gasteiger partial charge >= 0.3 is 413 Å². The second-order valence-corrected chi connectivity index (χ2v) is 62.0. The van der Waals surface area contributed by atoms with Crippen molar-refractivity contribution >= 4 is 78.2 Å². The first-order valence-electron chi connectivity index (χ1n) is 24.4. The number of hydrogen-bond donors (Lipinski definition) is 0. The molecule has 0 nitrogen and oxygen atoms in total. The van der Waals surface area contributed by atoms with Crippen LogP contribution in [0.1, 0.15) is 56.2 Å². The summed E-state index contributed by atoms with van der Waals surface area (Å²) >= 11 is -5.47. The van der Waals surface area contributed by atoms with Crippen molar-refractivity contribution in [3.05, 3.63) is 228 Å². The zero-order valence-electron chi connectivity index (χ0n) is 39.0. The quantitative estimate of drug-likeness (QED) is 0.126. The topological polar surface area (TPSA) is 0 Å². The number of rotatable bonds is 9. The van der Waals surface area contributed by atoms with Crippen LogP contribution in [0.4, 0.5) is 0 Å². The van der Waals surface area contributed by atoms with Crippen LogP contribution in [-0.4, -0.2) is 5.92 Å². The fraction of sp³-hybridized carbons (Fsp3) is 0.125. The number of hydrogen-bond acceptors (Lipinski definition) is 0. The van der Waals surface area contributed by atoms with Crippen LogP contribution in [0.5, 0.6) is 0 Å². The number of benzene rings is 10. The molecule has 10 aromatic carbocycles. The van der Waals surface area contributed by atoms with Crippen LogP contribution in [0.2, 0.25) is 13.1 Å². The molecule has 0 saturated carbocycles. The Morgan fingerprint density at radius 3 is 0.941 bits per heavy atom. The van der Waals surface area contributed by atoms with Crippen molar-refractivity contribution in [2.24, 2.45) is 0 Å². The van der Waals surface area contributed by atoms with Gasteiger partial charge in [-0.2, -0.15) is 0 Å². The van der Waals surface area contributed by atoms with E-state index in [1.165, 1.54) is 121 Å². The van der Waals surface area contributed by atoms with Crippen molar-refractivity contribution in [3.8, 4) is 44.5 Å². The molecule has 0 fully saturated rings. The average Bonchev–Trinajstić information content (AvgIpc) is 3.99. The van der Waals surface area contributed by atoms with Gasteiger partial charge in [-0.1, -0.05) is 0 Å². The summed E-state index contributed by atoms with van der Waals surface area (Å²) < 4.78 is -0.217. The summed E-state index contributed by atoms with van der Waals surface area (Å²) in [5, 5.41) is 9.95. The molecule has 2 atom stereocenters. The Morgan fingerprint density at radius 2 is 0.632 bits per heavy atom. The minimum atomic E-state index is -5.47. The van der Waals surface area contributed by atoms with Crippen LogP contribution in [-0.2, 0) is 15.6 Å². The van der Waals surface area contributed by atoms with Gasteiger partial charge in [0.2, 0.25) is 0 Å². The molecule has 0 heterocycles. The van der Waals surface area contributed by atoms with Gasteiger partial charge in [-0.3, -0.25) is 0 Å².